The molecule has 7 heteroatoms. The highest BCUT2D eigenvalue weighted by molar-refractivity contribution is 9.10. The Kier molecular flexibility index (Phi) is 5.10. The highest BCUT2D eigenvalue weighted by Gasteiger charge is 2.37. The lowest BCUT2D eigenvalue weighted by atomic mass is 9.96. The molecule has 0 saturated carbocycles. The van der Waals surface area contributed by atoms with Crippen molar-refractivity contribution in [2.75, 3.05) is 20.2 Å². The summed E-state index contributed by atoms with van der Waals surface area (Å²) in [5.74, 6) is 0. The van der Waals surface area contributed by atoms with Gasteiger partial charge < -0.3 is 10.5 Å². The summed E-state index contributed by atoms with van der Waals surface area (Å²) in [6.07, 6.45) is 1.66. The number of nitrogens with zero attached hydrogens (tertiary/aromatic N) is 1. The van der Waals surface area contributed by atoms with Gasteiger partial charge in [0.1, 0.15) is 0 Å². The predicted octanol–water partition coefficient (Wildman–Crippen LogP) is 2.10. The minimum Gasteiger partial charge on any atom is -0.377 e. The van der Waals surface area contributed by atoms with Crippen molar-refractivity contribution in [1.29, 1.82) is 0 Å². The minimum absolute atomic E-state index is 0.278. The quantitative estimate of drug-likeness (QED) is 0.872. The Labute approximate surface area is 134 Å². The average Bonchev–Trinajstić information content (AvgIpc) is 2.46. The summed E-state index contributed by atoms with van der Waals surface area (Å²) in [7, 11) is -1.91. The van der Waals surface area contributed by atoms with Crippen molar-refractivity contribution in [3.8, 4) is 0 Å². The monoisotopic (exact) mass is 376 g/mol. The second-order valence-corrected chi connectivity index (χ2v) is 8.33. The van der Waals surface area contributed by atoms with Crippen molar-refractivity contribution in [2.24, 2.45) is 5.73 Å². The van der Waals surface area contributed by atoms with Crippen molar-refractivity contribution >= 4 is 26.0 Å². The molecular weight excluding hydrogens is 356 g/mol. The first-order chi connectivity index (χ1) is 9.82. The lowest BCUT2D eigenvalue weighted by Gasteiger charge is -2.38. The van der Waals surface area contributed by atoms with E-state index >= 15 is 0 Å². The lowest BCUT2D eigenvalue weighted by Crippen LogP contribution is -2.49. The summed E-state index contributed by atoms with van der Waals surface area (Å²) in [4.78, 5) is 0.278. The van der Waals surface area contributed by atoms with Crippen LogP contribution in [0.1, 0.15) is 25.3 Å². The van der Waals surface area contributed by atoms with Crippen LogP contribution in [0.4, 0.5) is 0 Å². The fraction of sp³-hybridized carbons (Fsp3) is 0.571. The number of rotatable bonds is 4. The van der Waals surface area contributed by atoms with Crippen molar-refractivity contribution < 1.29 is 13.2 Å². The van der Waals surface area contributed by atoms with Gasteiger partial charge in [0.15, 0.2) is 0 Å². The fourth-order valence-electron chi connectivity index (χ4n) is 2.55. The largest absolute Gasteiger partial charge is 0.377 e. The van der Waals surface area contributed by atoms with Gasteiger partial charge in [-0.1, -0.05) is 6.07 Å². The SMILES string of the molecule is COC1(C)CCCN(S(=O)(=O)c2ccc(CN)cc2Br)C1. The highest BCUT2D eigenvalue weighted by atomic mass is 79.9. The molecule has 0 radical (unpaired) electrons. The third-order valence-electron chi connectivity index (χ3n) is 3.97. The number of methoxy groups -OCH3 is 1. The second-order valence-electron chi connectivity index (χ2n) is 5.57. The number of ether oxygens (including phenoxy) is 1. The average molecular weight is 377 g/mol. The molecule has 1 aliphatic rings. The van der Waals surface area contributed by atoms with Crippen molar-refractivity contribution in [3.05, 3.63) is 28.2 Å². The third kappa shape index (κ3) is 3.48. The van der Waals surface area contributed by atoms with Crippen LogP contribution in [-0.4, -0.2) is 38.5 Å². The Morgan fingerprint density at radius 3 is 2.76 bits per heavy atom. The molecule has 118 valence electrons. The normalized spacial score (nSPS) is 24.2. The predicted molar refractivity (Wildman–Crippen MR) is 85.4 cm³/mol. The summed E-state index contributed by atoms with van der Waals surface area (Å²) < 4.78 is 33.2. The third-order valence-corrected chi connectivity index (χ3v) is 6.79. The summed E-state index contributed by atoms with van der Waals surface area (Å²) in [5, 5.41) is 0. The molecule has 0 bridgehead atoms. The van der Waals surface area contributed by atoms with E-state index in [0.717, 1.165) is 18.4 Å². The molecule has 5 nitrogen and oxygen atoms in total. The number of sulfonamides is 1. The van der Waals surface area contributed by atoms with Gasteiger partial charge in [-0.05, 0) is 53.4 Å². The van der Waals surface area contributed by atoms with Crippen LogP contribution in [0.3, 0.4) is 0 Å². The molecule has 1 aromatic carbocycles. The number of piperidine rings is 1. The van der Waals surface area contributed by atoms with Crippen LogP contribution >= 0.6 is 15.9 Å². The number of halogens is 1. The molecule has 0 amide bonds. The van der Waals surface area contributed by atoms with E-state index in [2.05, 4.69) is 15.9 Å². The molecule has 1 heterocycles. The molecule has 0 aromatic heterocycles. The van der Waals surface area contributed by atoms with Crippen molar-refractivity contribution in [2.45, 2.75) is 36.8 Å². The van der Waals surface area contributed by atoms with Gasteiger partial charge in [0.2, 0.25) is 10.0 Å². The zero-order valence-corrected chi connectivity index (χ0v) is 14.7. The van der Waals surface area contributed by atoms with Crippen molar-refractivity contribution in [1.82, 2.24) is 4.31 Å². The van der Waals surface area contributed by atoms with E-state index in [0.29, 0.717) is 24.1 Å². The molecule has 0 spiro atoms. The summed E-state index contributed by atoms with van der Waals surface area (Å²) in [6.45, 7) is 3.22. The van der Waals surface area contributed by atoms with E-state index in [1.807, 2.05) is 6.92 Å². The molecule has 21 heavy (non-hydrogen) atoms. The molecule has 1 aliphatic heterocycles. The number of nitrogens with two attached hydrogens (primary N) is 1. The first-order valence-electron chi connectivity index (χ1n) is 6.86. The van der Waals surface area contributed by atoms with Gasteiger partial charge >= 0.3 is 0 Å². The smallest absolute Gasteiger partial charge is 0.244 e. The van der Waals surface area contributed by atoms with Gasteiger partial charge in [0.05, 0.1) is 10.5 Å². The van der Waals surface area contributed by atoms with E-state index in [4.69, 9.17) is 10.5 Å². The van der Waals surface area contributed by atoms with Gasteiger partial charge in [-0.3, -0.25) is 0 Å². The molecule has 1 saturated heterocycles. The topological polar surface area (TPSA) is 72.6 Å². The molecule has 1 fully saturated rings. The summed E-state index contributed by atoms with van der Waals surface area (Å²) in [6, 6.07) is 5.11. The number of hydrogen-bond donors (Lipinski definition) is 1. The zero-order valence-electron chi connectivity index (χ0n) is 12.3. The summed E-state index contributed by atoms with van der Waals surface area (Å²) >= 11 is 3.34. The Bertz CT molecular complexity index is 621. The maximum Gasteiger partial charge on any atom is 0.244 e. The maximum atomic E-state index is 12.8. The standard InChI is InChI=1S/C14H21BrN2O3S/c1-14(20-2)6-3-7-17(10-14)21(18,19)13-5-4-11(9-16)8-12(13)15/h4-5,8H,3,6-7,9-10,16H2,1-2H3. The van der Waals surface area contributed by atoms with E-state index in [9.17, 15) is 8.42 Å². The zero-order chi connectivity index (χ0) is 15.7. The Morgan fingerprint density at radius 1 is 1.48 bits per heavy atom. The van der Waals surface area contributed by atoms with E-state index < -0.39 is 15.6 Å². The molecule has 2 N–H and O–H groups in total. The van der Waals surface area contributed by atoms with Crippen LogP contribution < -0.4 is 5.73 Å². The van der Waals surface area contributed by atoms with Gasteiger partial charge in [-0.15, -0.1) is 0 Å². The van der Waals surface area contributed by atoms with Gasteiger partial charge in [-0.25, -0.2) is 8.42 Å². The maximum absolute atomic E-state index is 12.8. The van der Waals surface area contributed by atoms with E-state index in [1.54, 1.807) is 25.3 Å². The molecular formula is C14H21BrN2O3S. The fourth-order valence-corrected chi connectivity index (χ4v) is 5.23. The van der Waals surface area contributed by atoms with Gasteiger partial charge in [-0.2, -0.15) is 4.31 Å². The Hall–Kier alpha value is -0.470. The van der Waals surface area contributed by atoms with Crippen LogP contribution in [0.2, 0.25) is 0 Å². The first-order valence-corrected chi connectivity index (χ1v) is 9.09. The molecule has 1 atom stereocenters. The van der Waals surface area contributed by atoms with Gasteiger partial charge in [0.25, 0.3) is 0 Å². The lowest BCUT2D eigenvalue weighted by molar-refractivity contribution is -0.0319. The van der Waals surface area contributed by atoms with E-state index in [1.165, 1.54) is 4.31 Å². The summed E-state index contributed by atoms with van der Waals surface area (Å²) in [5.41, 5.74) is 6.05. The first kappa shape index (κ1) is 16.9. The van der Waals surface area contributed by atoms with Crippen LogP contribution in [0, 0.1) is 0 Å². The molecule has 1 aromatic rings. The van der Waals surface area contributed by atoms with Crippen LogP contribution in [0.15, 0.2) is 27.6 Å². The molecule has 0 aliphatic carbocycles. The molecule has 1 unspecified atom stereocenters. The minimum atomic E-state index is -3.53. The second kappa shape index (κ2) is 6.34. The molecule has 2 rings (SSSR count). The highest BCUT2D eigenvalue weighted by Crippen LogP contribution is 2.31. The van der Waals surface area contributed by atoms with Crippen molar-refractivity contribution in [3.63, 3.8) is 0 Å². The van der Waals surface area contributed by atoms with E-state index in [-0.39, 0.29) is 4.90 Å². The van der Waals surface area contributed by atoms with Gasteiger partial charge in [0, 0.05) is 31.2 Å². The number of hydrogen-bond acceptors (Lipinski definition) is 4. The Morgan fingerprint density at radius 2 is 2.19 bits per heavy atom. The van der Waals surface area contributed by atoms with Crippen LogP contribution in [0.5, 0.6) is 0 Å². The van der Waals surface area contributed by atoms with Crippen LogP contribution in [-0.2, 0) is 21.3 Å². The Balaban J connectivity index is 2.34. The van der Waals surface area contributed by atoms with Crippen LogP contribution in [0.25, 0.3) is 0 Å². The number of benzene rings is 1.